The molecule has 0 radical (unpaired) electrons. The molecule has 0 saturated carbocycles. The van der Waals surface area contributed by atoms with Crippen molar-refractivity contribution >= 4 is 22.9 Å². The van der Waals surface area contributed by atoms with Gasteiger partial charge in [0.05, 0.1) is 24.0 Å². The zero-order valence-electron chi connectivity index (χ0n) is 10.1. The van der Waals surface area contributed by atoms with Crippen LogP contribution in [0.4, 0.5) is 0 Å². The Bertz CT molecular complexity index is 485. The summed E-state index contributed by atoms with van der Waals surface area (Å²) >= 11 is 7.44. The van der Waals surface area contributed by atoms with E-state index >= 15 is 0 Å². The molecule has 0 aromatic carbocycles. The number of nitrogens with one attached hydrogen (secondary N) is 1. The maximum atomic E-state index is 5.88. The zero-order valence-corrected chi connectivity index (χ0v) is 11.7. The summed E-state index contributed by atoms with van der Waals surface area (Å²) in [4.78, 5) is 5.41. The molecule has 2 heterocycles. The number of hydrogen-bond donors (Lipinski definition) is 1. The van der Waals surface area contributed by atoms with Crippen molar-refractivity contribution in [2.75, 3.05) is 20.3 Å². The van der Waals surface area contributed by atoms with Crippen LogP contribution in [0, 0.1) is 0 Å². The second kappa shape index (κ2) is 6.84. The first-order valence-corrected chi connectivity index (χ1v) is 6.79. The van der Waals surface area contributed by atoms with Crippen molar-refractivity contribution in [2.45, 2.75) is 13.1 Å². The van der Waals surface area contributed by atoms with E-state index in [-0.39, 0.29) is 0 Å². The molecule has 0 spiro atoms. The van der Waals surface area contributed by atoms with Crippen molar-refractivity contribution in [3.63, 3.8) is 0 Å². The van der Waals surface area contributed by atoms with Crippen LogP contribution in [0.25, 0.3) is 0 Å². The van der Waals surface area contributed by atoms with E-state index in [4.69, 9.17) is 16.3 Å². The summed E-state index contributed by atoms with van der Waals surface area (Å²) in [6.45, 7) is 2.85. The third-order valence-corrected chi connectivity index (χ3v) is 3.51. The lowest BCUT2D eigenvalue weighted by Gasteiger charge is -2.00. The molecule has 0 saturated heterocycles. The molecule has 0 amide bonds. The Labute approximate surface area is 115 Å². The van der Waals surface area contributed by atoms with Crippen LogP contribution in [0.15, 0.2) is 18.5 Å². The molecular weight excluding hydrogens is 272 g/mol. The van der Waals surface area contributed by atoms with Crippen LogP contribution in [0.3, 0.4) is 0 Å². The summed E-state index contributed by atoms with van der Waals surface area (Å²) in [5.74, 6) is 0.786. The van der Waals surface area contributed by atoms with Gasteiger partial charge in [-0.25, -0.2) is 9.67 Å². The van der Waals surface area contributed by atoms with E-state index in [9.17, 15) is 0 Å². The first kappa shape index (κ1) is 13.5. The van der Waals surface area contributed by atoms with Gasteiger partial charge in [0.1, 0.15) is 6.33 Å². The van der Waals surface area contributed by atoms with Gasteiger partial charge in [0.25, 0.3) is 0 Å². The van der Waals surface area contributed by atoms with Gasteiger partial charge in [0.15, 0.2) is 5.82 Å². The van der Waals surface area contributed by atoms with E-state index in [0.29, 0.717) is 19.7 Å². The van der Waals surface area contributed by atoms with Gasteiger partial charge in [-0.1, -0.05) is 11.6 Å². The Morgan fingerprint density at radius 2 is 2.39 bits per heavy atom. The van der Waals surface area contributed by atoms with Crippen LogP contribution in [0.5, 0.6) is 0 Å². The summed E-state index contributed by atoms with van der Waals surface area (Å²) in [7, 11) is 1.68. The van der Waals surface area contributed by atoms with Crippen molar-refractivity contribution in [1.82, 2.24) is 20.1 Å². The molecule has 5 nitrogen and oxygen atoms in total. The highest BCUT2D eigenvalue weighted by Crippen LogP contribution is 2.21. The molecular formula is C11H15ClN4OS. The lowest BCUT2D eigenvalue weighted by Crippen LogP contribution is -2.19. The molecule has 0 aliphatic rings. The highest BCUT2D eigenvalue weighted by atomic mass is 35.5. The van der Waals surface area contributed by atoms with E-state index in [1.807, 2.05) is 16.8 Å². The van der Waals surface area contributed by atoms with Crippen molar-refractivity contribution in [3.05, 3.63) is 33.5 Å². The minimum absolute atomic E-state index is 0.654. The molecule has 0 fully saturated rings. The fraction of sp³-hybridized carbons (Fsp3) is 0.455. The zero-order chi connectivity index (χ0) is 12.8. The van der Waals surface area contributed by atoms with Crippen LogP contribution in [0.2, 0.25) is 4.34 Å². The molecule has 0 atom stereocenters. The molecule has 7 heteroatoms. The molecule has 18 heavy (non-hydrogen) atoms. The average Bonchev–Trinajstić information content (AvgIpc) is 2.95. The molecule has 0 unspecified atom stereocenters. The van der Waals surface area contributed by atoms with Crippen molar-refractivity contribution in [2.24, 2.45) is 0 Å². The van der Waals surface area contributed by atoms with Gasteiger partial charge in [-0.05, 0) is 12.1 Å². The third-order valence-electron chi connectivity index (χ3n) is 2.30. The predicted molar refractivity (Wildman–Crippen MR) is 72.0 cm³/mol. The number of methoxy groups -OCH3 is 1. The van der Waals surface area contributed by atoms with Gasteiger partial charge in [0.2, 0.25) is 0 Å². The van der Waals surface area contributed by atoms with Crippen LogP contribution in [0.1, 0.15) is 10.7 Å². The van der Waals surface area contributed by atoms with Crippen LogP contribution in [-0.4, -0.2) is 35.0 Å². The Hall–Kier alpha value is -0.950. The molecule has 0 aliphatic carbocycles. The molecule has 1 N–H and O–H groups in total. The van der Waals surface area contributed by atoms with E-state index in [1.54, 1.807) is 24.8 Å². The molecule has 2 aromatic heterocycles. The molecule has 2 aromatic rings. The second-order valence-corrected chi connectivity index (χ2v) is 5.53. The van der Waals surface area contributed by atoms with Crippen molar-refractivity contribution in [3.8, 4) is 0 Å². The Balaban J connectivity index is 1.82. The Morgan fingerprint density at radius 3 is 3.11 bits per heavy atom. The summed E-state index contributed by atoms with van der Waals surface area (Å²) in [5.41, 5.74) is 0. The van der Waals surface area contributed by atoms with Gasteiger partial charge < -0.3 is 10.1 Å². The van der Waals surface area contributed by atoms with Crippen LogP contribution >= 0.6 is 22.9 Å². The smallest absolute Gasteiger partial charge is 0.164 e. The number of hydrogen-bond acceptors (Lipinski definition) is 5. The van der Waals surface area contributed by atoms with Gasteiger partial charge in [0, 0.05) is 18.5 Å². The number of halogens is 1. The summed E-state index contributed by atoms with van der Waals surface area (Å²) in [6, 6.07) is 3.90. The van der Waals surface area contributed by atoms with E-state index < -0.39 is 0 Å². The quantitative estimate of drug-likeness (QED) is 0.788. The monoisotopic (exact) mass is 286 g/mol. The second-order valence-electron chi connectivity index (χ2n) is 3.73. The largest absolute Gasteiger partial charge is 0.383 e. The summed E-state index contributed by atoms with van der Waals surface area (Å²) < 4.78 is 7.56. The Kier molecular flexibility index (Phi) is 5.12. The number of aromatic nitrogens is 3. The summed E-state index contributed by atoms with van der Waals surface area (Å²) in [6.07, 6.45) is 1.74. The molecule has 98 valence electrons. The predicted octanol–water partition coefficient (Wildman–Crippen LogP) is 1.78. The van der Waals surface area contributed by atoms with E-state index in [1.165, 1.54) is 4.88 Å². The molecule has 2 rings (SSSR count). The van der Waals surface area contributed by atoms with Gasteiger partial charge in [-0.15, -0.1) is 11.3 Å². The maximum Gasteiger partial charge on any atom is 0.164 e. The number of thiophene rings is 1. The van der Waals surface area contributed by atoms with Gasteiger partial charge >= 0.3 is 0 Å². The van der Waals surface area contributed by atoms with Crippen molar-refractivity contribution < 1.29 is 4.74 Å². The highest BCUT2D eigenvalue weighted by molar-refractivity contribution is 7.16. The lowest BCUT2D eigenvalue weighted by atomic mass is 10.5. The number of rotatable bonds is 7. The van der Waals surface area contributed by atoms with E-state index in [2.05, 4.69) is 15.4 Å². The van der Waals surface area contributed by atoms with Gasteiger partial charge in [-0.3, -0.25) is 0 Å². The average molecular weight is 287 g/mol. The Morgan fingerprint density at radius 1 is 1.50 bits per heavy atom. The fourth-order valence-corrected chi connectivity index (χ4v) is 2.54. The van der Waals surface area contributed by atoms with Crippen molar-refractivity contribution in [1.29, 1.82) is 0 Å². The standard InChI is InChI=1S/C11H15ClN4OS/c1-17-5-4-13-6-11-14-8-16(15-11)7-9-2-3-10(12)18-9/h2-3,8,13H,4-7H2,1H3. The highest BCUT2D eigenvalue weighted by Gasteiger charge is 2.03. The van der Waals surface area contributed by atoms with Crippen LogP contribution < -0.4 is 5.32 Å². The normalized spacial score (nSPS) is 11.0. The topological polar surface area (TPSA) is 52.0 Å². The minimum atomic E-state index is 0.654. The minimum Gasteiger partial charge on any atom is -0.383 e. The molecule has 0 aliphatic heterocycles. The van der Waals surface area contributed by atoms with Crippen LogP contribution in [-0.2, 0) is 17.8 Å². The summed E-state index contributed by atoms with van der Waals surface area (Å²) in [5, 5.41) is 7.58. The SMILES string of the molecule is COCCNCc1ncn(Cc2ccc(Cl)s2)n1. The van der Waals surface area contributed by atoms with E-state index in [0.717, 1.165) is 16.7 Å². The first-order chi connectivity index (χ1) is 8.78. The first-order valence-electron chi connectivity index (χ1n) is 5.60. The third kappa shape index (κ3) is 4.06. The molecule has 0 bridgehead atoms. The number of nitrogens with zero attached hydrogens (tertiary/aromatic N) is 3. The number of ether oxygens (including phenoxy) is 1. The maximum absolute atomic E-state index is 5.88. The fourth-order valence-electron chi connectivity index (χ4n) is 1.46. The lowest BCUT2D eigenvalue weighted by molar-refractivity contribution is 0.199. The van der Waals surface area contributed by atoms with Gasteiger partial charge in [-0.2, -0.15) is 5.10 Å².